The van der Waals surface area contributed by atoms with Gasteiger partial charge in [0.15, 0.2) is 0 Å². The largest absolute Gasteiger partial charge is 0.499 e. The van der Waals surface area contributed by atoms with Crippen LogP contribution >= 0.6 is 15.9 Å². The van der Waals surface area contributed by atoms with Crippen molar-refractivity contribution in [3.63, 3.8) is 0 Å². The molecule has 0 amide bonds. The van der Waals surface area contributed by atoms with Crippen molar-refractivity contribution in [3.05, 3.63) is 46.1 Å². The molecule has 0 bridgehead atoms. The molecule has 0 aliphatic carbocycles. The van der Waals surface area contributed by atoms with Crippen molar-refractivity contribution in [3.8, 4) is 0 Å². The number of Topliss-reactive ketones (excluding diaryl/α,β-unsaturated/α-hetero) is 1. The average Bonchev–Trinajstić information content (AvgIpc) is 2.45. The van der Waals surface area contributed by atoms with Gasteiger partial charge in [0.25, 0.3) is 0 Å². The van der Waals surface area contributed by atoms with Crippen LogP contribution in [0.3, 0.4) is 0 Å². The molecule has 0 aliphatic heterocycles. The third-order valence-electron chi connectivity index (χ3n) is 2.97. The lowest BCUT2D eigenvalue weighted by molar-refractivity contribution is -0.118. The fourth-order valence-corrected chi connectivity index (χ4v) is 2.25. The summed E-state index contributed by atoms with van der Waals surface area (Å²) in [6.45, 7) is -0.174. The summed E-state index contributed by atoms with van der Waals surface area (Å²) in [5.41, 5.74) is 0.977. The van der Waals surface area contributed by atoms with Crippen molar-refractivity contribution >= 4 is 21.7 Å². The average molecular weight is 342 g/mol. The van der Waals surface area contributed by atoms with Crippen LogP contribution < -0.4 is 5.32 Å². The van der Waals surface area contributed by atoms with Gasteiger partial charge in [-0.05, 0) is 24.8 Å². The molecule has 1 aromatic rings. The number of ketones is 1. The molecule has 0 aromatic heterocycles. The van der Waals surface area contributed by atoms with Crippen molar-refractivity contribution in [2.75, 3.05) is 20.8 Å². The lowest BCUT2D eigenvalue weighted by atomic mass is 10.0. The van der Waals surface area contributed by atoms with Crippen LogP contribution in [0.4, 0.5) is 0 Å². The Balaban J connectivity index is 2.64. The smallest absolute Gasteiger partial charge is 0.139 e. The maximum Gasteiger partial charge on any atom is 0.139 e. The minimum absolute atomic E-state index is 0.126. The molecule has 0 spiro atoms. The number of rotatable bonds is 8. The number of aliphatic hydroxyl groups is 1. The quantitative estimate of drug-likeness (QED) is 0.710. The molecule has 110 valence electrons. The van der Waals surface area contributed by atoms with E-state index in [1.54, 1.807) is 13.1 Å². The molecule has 0 aliphatic rings. The first-order valence-corrected chi connectivity index (χ1v) is 7.18. The molecule has 4 nitrogen and oxygen atoms in total. The number of nitrogens with one attached hydrogen (secondary N) is 1. The molecule has 0 saturated heterocycles. The summed E-state index contributed by atoms with van der Waals surface area (Å²) in [5.74, 6) is 0.582. The van der Waals surface area contributed by atoms with Crippen molar-refractivity contribution in [1.82, 2.24) is 5.32 Å². The summed E-state index contributed by atoms with van der Waals surface area (Å²) >= 11 is 3.44. The number of hydrogen-bond donors (Lipinski definition) is 2. The minimum Gasteiger partial charge on any atom is -0.499 e. The number of aliphatic hydroxyl groups excluding tert-OH is 1. The third-order valence-corrected chi connectivity index (χ3v) is 3.74. The number of carbonyl (C=O) groups excluding carboxylic acids is 1. The highest BCUT2D eigenvalue weighted by Gasteiger charge is 2.13. The van der Waals surface area contributed by atoms with Gasteiger partial charge in [0, 0.05) is 23.4 Å². The van der Waals surface area contributed by atoms with Gasteiger partial charge >= 0.3 is 0 Å². The van der Waals surface area contributed by atoms with Crippen LogP contribution in [0.2, 0.25) is 0 Å². The first-order valence-electron chi connectivity index (χ1n) is 6.38. The van der Waals surface area contributed by atoms with Crippen LogP contribution in [-0.2, 0) is 16.0 Å². The highest BCUT2D eigenvalue weighted by Crippen LogP contribution is 2.17. The number of halogens is 1. The molecule has 0 saturated carbocycles. The topological polar surface area (TPSA) is 58.6 Å². The monoisotopic (exact) mass is 341 g/mol. The van der Waals surface area contributed by atoms with E-state index in [9.17, 15) is 4.79 Å². The summed E-state index contributed by atoms with van der Waals surface area (Å²) in [5, 5.41) is 12.1. The number of ether oxygens (including phenoxy) is 1. The van der Waals surface area contributed by atoms with E-state index < -0.39 is 0 Å². The Bertz CT molecular complexity index is 468. The Hall–Kier alpha value is -1.17. The Morgan fingerprint density at radius 1 is 1.50 bits per heavy atom. The summed E-state index contributed by atoms with van der Waals surface area (Å²) < 4.78 is 5.95. The number of likely N-dealkylation sites (N-methyl/N-ethyl adjacent to an activating group) is 1. The van der Waals surface area contributed by atoms with Crippen LogP contribution in [0.25, 0.3) is 0 Å². The van der Waals surface area contributed by atoms with Gasteiger partial charge in [-0.15, -0.1) is 0 Å². The van der Waals surface area contributed by atoms with E-state index in [0.717, 1.165) is 10.0 Å². The predicted molar refractivity (Wildman–Crippen MR) is 82.5 cm³/mol. The van der Waals surface area contributed by atoms with Gasteiger partial charge in [0.1, 0.15) is 18.1 Å². The molecule has 0 fully saturated rings. The van der Waals surface area contributed by atoms with Gasteiger partial charge in [0.05, 0.1) is 7.11 Å². The lowest BCUT2D eigenvalue weighted by Crippen LogP contribution is -2.27. The first kappa shape index (κ1) is 16.9. The second-order valence-electron chi connectivity index (χ2n) is 4.40. The number of benzene rings is 1. The molecule has 2 N–H and O–H groups in total. The van der Waals surface area contributed by atoms with E-state index >= 15 is 0 Å². The van der Waals surface area contributed by atoms with E-state index in [4.69, 9.17) is 9.84 Å². The number of methoxy groups -OCH3 is 1. The van der Waals surface area contributed by atoms with Crippen LogP contribution in [0.5, 0.6) is 0 Å². The van der Waals surface area contributed by atoms with E-state index in [1.807, 2.05) is 24.3 Å². The summed E-state index contributed by atoms with van der Waals surface area (Å²) in [4.78, 5) is 12.1. The van der Waals surface area contributed by atoms with Crippen LogP contribution in [0, 0.1) is 0 Å². The van der Waals surface area contributed by atoms with Crippen LogP contribution in [0.15, 0.2) is 40.6 Å². The van der Waals surface area contributed by atoms with E-state index in [0.29, 0.717) is 18.6 Å². The Morgan fingerprint density at radius 2 is 2.20 bits per heavy atom. The zero-order valence-electron chi connectivity index (χ0n) is 11.7. The second kappa shape index (κ2) is 8.89. The summed E-state index contributed by atoms with van der Waals surface area (Å²) in [6, 6.07) is 7.54. The number of carbonyl (C=O) groups is 1. The standard InChI is InChI=1S/C15H20BrNO3/c1-17-12(9-14(10-18)20-2)8-13(19)7-11-5-3-4-6-15(11)16/h3-6,9,12,17-18H,7-8,10H2,1-2H3/b14-9-. The second-order valence-corrected chi connectivity index (χ2v) is 5.26. The fourth-order valence-electron chi connectivity index (χ4n) is 1.83. The lowest BCUT2D eigenvalue weighted by Gasteiger charge is -2.13. The zero-order chi connectivity index (χ0) is 15.0. The first-order chi connectivity index (χ1) is 9.60. The third kappa shape index (κ3) is 5.45. The molecule has 1 unspecified atom stereocenters. The summed E-state index contributed by atoms with van der Waals surface area (Å²) in [7, 11) is 3.27. The highest BCUT2D eigenvalue weighted by molar-refractivity contribution is 9.10. The van der Waals surface area contributed by atoms with Crippen molar-refractivity contribution in [2.45, 2.75) is 18.9 Å². The summed E-state index contributed by atoms with van der Waals surface area (Å²) in [6.07, 6.45) is 2.47. The van der Waals surface area contributed by atoms with Gasteiger partial charge in [0.2, 0.25) is 0 Å². The maximum atomic E-state index is 12.1. The maximum absolute atomic E-state index is 12.1. The van der Waals surface area contributed by atoms with Crippen LogP contribution in [0.1, 0.15) is 12.0 Å². The number of hydrogen-bond acceptors (Lipinski definition) is 4. The SMILES string of the molecule is CNC(/C=C(/CO)OC)CC(=O)Cc1ccccc1Br. The van der Waals surface area contributed by atoms with Crippen molar-refractivity contribution < 1.29 is 14.6 Å². The molecule has 5 heteroatoms. The molecule has 1 aromatic carbocycles. The van der Waals surface area contributed by atoms with Crippen molar-refractivity contribution in [2.24, 2.45) is 0 Å². The zero-order valence-corrected chi connectivity index (χ0v) is 13.3. The molecular formula is C15H20BrNO3. The molecular weight excluding hydrogens is 322 g/mol. The molecule has 1 atom stereocenters. The molecule has 1 rings (SSSR count). The Morgan fingerprint density at radius 3 is 2.75 bits per heavy atom. The van der Waals surface area contributed by atoms with E-state index in [1.165, 1.54) is 7.11 Å². The molecule has 0 heterocycles. The predicted octanol–water partition coefficient (Wildman–Crippen LogP) is 2.06. The fraction of sp³-hybridized carbons (Fsp3) is 0.400. The normalized spacial score (nSPS) is 13.1. The highest BCUT2D eigenvalue weighted by atomic mass is 79.9. The van der Waals surface area contributed by atoms with Crippen LogP contribution in [-0.4, -0.2) is 37.7 Å². The van der Waals surface area contributed by atoms with E-state index in [-0.39, 0.29) is 18.4 Å². The van der Waals surface area contributed by atoms with Gasteiger partial charge < -0.3 is 15.2 Å². The van der Waals surface area contributed by atoms with Gasteiger partial charge in [-0.3, -0.25) is 4.79 Å². The molecule has 0 radical (unpaired) electrons. The van der Waals surface area contributed by atoms with Crippen molar-refractivity contribution in [1.29, 1.82) is 0 Å². The van der Waals surface area contributed by atoms with Gasteiger partial charge in [-0.25, -0.2) is 0 Å². The van der Waals surface area contributed by atoms with E-state index in [2.05, 4.69) is 21.2 Å². The Labute approximate surface area is 128 Å². The molecule has 20 heavy (non-hydrogen) atoms. The van der Waals surface area contributed by atoms with Gasteiger partial charge in [-0.1, -0.05) is 34.1 Å². The Kier molecular flexibility index (Phi) is 7.51. The minimum atomic E-state index is -0.174. The van der Waals surface area contributed by atoms with Gasteiger partial charge in [-0.2, -0.15) is 0 Å².